The van der Waals surface area contributed by atoms with E-state index in [4.69, 9.17) is 4.74 Å². The van der Waals surface area contributed by atoms with Gasteiger partial charge in [0.05, 0.1) is 6.61 Å². The lowest BCUT2D eigenvalue weighted by Crippen LogP contribution is -2.40. The monoisotopic (exact) mass is 263 g/mol. The van der Waals surface area contributed by atoms with E-state index in [0.29, 0.717) is 0 Å². The van der Waals surface area contributed by atoms with Gasteiger partial charge < -0.3 is 9.64 Å². The zero-order valence-electron chi connectivity index (χ0n) is 10.5. The SMILES string of the molecule is CCOC(=O)C1C(=O)C(F)=CN1Cc1ccccc1. The third-order valence-electron chi connectivity index (χ3n) is 2.81. The van der Waals surface area contributed by atoms with Gasteiger partial charge in [0.15, 0.2) is 11.9 Å². The molecule has 4 nitrogen and oxygen atoms in total. The Kier molecular flexibility index (Phi) is 3.94. The van der Waals surface area contributed by atoms with Crippen molar-refractivity contribution in [2.24, 2.45) is 0 Å². The van der Waals surface area contributed by atoms with Gasteiger partial charge in [0, 0.05) is 12.7 Å². The number of esters is 1. The summed E-state index contributed by atoms with van der Waals surface area (Å²) in [5, 5.41) is 0. The smallest absolute Gasteiger partial charge is 0.337 e. The van der Waals surface area contributed by atoms with Crippen molar-refractivity contribution < 1.29 is 18.7 Å². The minimum Gasteiger partial charge on any atom is -0.464 e. The van der Waals surface area contributed by atoms with Crippen LogP contribution in [0.4, 0.5) is 4.39 Å². The van der Waals surface area contributed by atoms with Gasteiger partial charge in [-0.2, -0.15) is 0 Å². The van der Waals surface area contributed by atoms with Crippen LogP contribution in [0.2, 0.25) is 0 Å². The Morgan fingerprint density at radius 1 is 1.37 bits per heavy atom. The summed E-state index contributed by atoms with van der Waals surface area (Å²) in [7, 11) is 0. The second-order valence-corrected chi connectivity index (χ2v) is 4.15. The fourth-order valence-electron chi connectivity index (χ4n) is 1.96. The molecule has 1 aromatic rings. The summed E-state index contributed by atoms with van der Waals surface area (Å²) in [4.78, 5) is 24.7. The van der Waals surface area contributed by atoms with Gasteiger partial charge in [0.2, 0.25) is 5.78 Å². The highest BCUT2D eigenvalue weighted by Gasteiger charge is 2.40. The molecule has 1 atom stereocenters. The van der Waals surface area contributed by atoms with Crippen molar-refractivity contribution >= 4 is 11.8 Å². The molecule has 5 heteroatoms. The van der Waals surface area contributed by atoms with Crippen LogP contribution < -0.4 is 0 Å². The highest BCUT2D eigenvalue weighted by molar-refractivity contribution is 6.12. The van der Waals surface area contributed by atoms with Crippen LogP contribution in [-0.2, 0) is 20.9 Å². The van der Waals surface area contributed by atoms with Gasteiger partial charge in [-0.15, -0.1) is 0 Å². The van der Waals surface area contributed by atoms with Gasteiger partial charge in [0.1, 0.15) is 0 Å². The van der Waals surface area contributed by atoms with Crippen LogP contribution in [0, 0.1) is 0 Å². The maximum Gasteiger partial charge on any atom is 0.337 e. The summed E-state index contributed by atoms with van der Waals surface area (Å²) in [6.45, 7) is 2.08. The van der Waals surface area contributed by atoms with E-state index in [1.807, 2.05) is 30.3 Å². The van der Waals surface area contributed by atoms with Crippen molar-refractivity contribution in [3.63, 3.8) is 0 Å². The largest absolute Gasteiger partial charge is 0.464 e. The van der Waals surface area contributed by atoms with Crippen molar-refractivity contribution in [3.05, 3.63) is 47.9 Å². The maximum absolute atomic E-state index is 13.4. The number of carbonyl (C=O) groups is 2. The van der Waals surface area contributed by atoms with E-state index < -0.39 is 23.6 Å². The van der Waals surface area contributed by atoms with Crippen LogP contribution >= 0.6 is 0 Å². The van der Waals surface area contributed by atoms with Gasteiger partial charge in [-0.05, 0) is 12.5 Å². The average molecular weight is 263 g/mol. The fraction of sp³-hybridized carbons (Fsp3) is 0.286. The number of ketones is 1. The quantitative estimate of drug-likeness (QED) is 0.614. The number of ether oxygens (including phenoxy) is 1. The summed E-state index contributed by atoms with van der Waals surface area (Å²) in [6.07, 6.45) is 1.07. The molecule has 1 unspecified atom stereocenters. The normalized spacial score (nSPS) is 18.4. The predicted molar refractivity (Wildman–Crippen MR) is 66.6 cm³/mol. The molecule has 2 rings (SSSR count). The van der Waals surface area contributed by atoms with Crippen LogP contribution in [0.15, 0.2) is 42.4 Å². The highest BCUT2D eigenvalue weighted by atomic mass is 19.1. The average Bonchev–Trinajstić information content (AvgIpc) is 2.66. The van der Waals surface area contributed by atoms with Crippen molar-refractivity contribution in [2.75, 3.05) is 6.61 Å². The number of carbonyl (C=O) groups excluding carboxylic acids is 2. The van der Waals surface area contributed by atoms with Crippen molar-refractivity contribution in [3.8, 4) is 0 Å². The molecule has 0 N–H and O–H groups in total. The number of Topliss-reactive ketones (excluding diaryl/α,β-unsaturated/α-hetero) is 1. The van der Waals surface area contributed by atoms with E-state index in [1.165, 1.54) is 4.90 Å². The molecule has 19 heavy (non-hydrogen) atoms. The molecular formula is C14H14FNO3. The lowest BCUT2D eigenvalue weighted by molar-refractivity contribution is -0.150. The number of hydrogen-bond donors (Lipinski definition) is 0. The van der Waals surface area contributed by atoms with E-state index in [9.17, 15) is 14.0 Å². The third kappa shape index (κ3) is 2.81. The molecule has 1 heterocycles. The molecule has 1 aromatic carbocycles. The summed E-state index contributed by atoms with van der Waals surface area (Å²) >= 11 is 0. The van der Waals surface area contributed by atoms with Crippen LogP contribution in [-0.4, -0.2) is 29.3 Å². The van der Waals surface area contributed by atoms with Crippen LogP contribution in [0.5, 0.6) is 0 Å². The minimum atomic E-state index is -1.21. The Labute approximate surface area is 110 Å². The van der Waals surface area contributed by atoms with E-state index in [1.54, 1.807) is 6.92 Å². The number of hydrogen-bond acceptors (Lipinski definition) is 4. The van der Waals surface area contributed by atoms with Gasteiger partial charge in [-0.25, -0.2) is 9.18 Å². The molecule has 0 saturated heterocycles. The number of benzene rings is 1. The third-order valence-corrected chi connectivity index (χ3v) is 2.81. The predicted octanol–water partition coefficient (Wildman–Crippen LogP) is 1.81. The van der Waals surface area contributed by atoms with Crippen LogP contribution in [0.3, 0.4) is 0 Å². The van der Waals surface area contributed by atoms with Gasteiger partial charge >= 0.3 is 5.97 Å². The lowest BCUT2D eigenvalue weighted by Gasteiger charge is -2.22. The van der Waals surface area contributed by atoms with Gasteiger partial charge in [0.25, 0.3) is 0 Å². The second kappa shape index (κ2) is 5.65. The number of rotatable bonds is 4. The van der Waals surface area contributed by atoms with Crippen molar-refractivity contribution in [1.82, 2.24) is 4.90 Å². The van der Waals surface area contributed by atoms with E-state index >= 15 is 0 Å². The molecule has 0 radical (unpaired) electrons. The van der Waals surface area contributed by atoms with Crippen molar-refractivity contribution in [1.29, 1.82) is 0 Å². The molecule has 0 spiro atoms. The Morgan fingerprint density at radius 2 is 2.05 bits per heavy atom. The Morgan fingerprint density at radius 3 is 2.68 bits per heavy atom. The molecule has 100 valence electrons. The first-order valence-corrected chi connectivity index (χ1v) is 6.01. The zero-order chi connectivity index (χ0) is 13.8. The fourth-order valence-corrected chi connectivity index (χ4v) is 1.96. The summed E-state index contributed by atoms with van der Waals surface area (Å²) in [5.74, 6) is -2.46. The van der Waals surface area contributed by atoms with Crippen LogP contribution in [0.25, 0.3) is 0 Å². The minimum absolute atomic E-state index is 0.156. The molecular weight excluding hydrogens is 249 g/mol. The molecule has 0 aromatic heterocycles. The Hall–Kier alpha value is -2.17. The molecule has 1 aliphatic rings. The Balaban J connectivity index is 2.17. The zero-order valence-corrected chi connectivity index (χ0v) is 10.5. The molecule has 0 saturated carbocycles. The second-order valence-electron chi connectivity index (χ2n) is 4.15. The van der Waals surface area contributed by atoms with Crippen LogP contribution in [0.1, 0.15) is 12.5 Å². The maximum atomic E-state index is 13.4. The topological polar surface area (TPSA) is 46.6 Å². The number of halogens is 1. The van der Waals surface area contributed by atoms with E-state index in [-0.39, 0.29) is 13.2 Å². The highest BCUT2D eigenvalue weighted by Crippen LogP contribution is 2.22. The van der Waals surface area contributed by atoms with Crippen molar-refractivity contribution in [2.45, 2.75) is 19.5 Å². The standard InChI is InChI=1S/C14H14FNO3/c1-2-19-14(18)12-13(17)11(15)9-16(12)8-10-6-4-3-5-7-10/h3-7,9,12H,2,8H2,1H3. The summed E-state index contributed by atoms with van der Waals surface area (Å²) in [6, 6.07) is 8.02. The lowest BCUT2D eigenvalue weighted by atomic mass is 10.1. The molecule has 0 bridgehead atoms. The molecule has 0 fully saturated rings. The van der Waals surface area contributed by atoms with Gasteiger partial charge in [-0.3, -0.25) is 4.79 Å². The number of nitrogens with zero attached hydrogens (tertiary/aromatic N) is 1. The molecule has 0 amide bonds. The first-order chi connectivity index (χ1) is 9.13. The molecule has 1 aliphatic heterocycles. The van der Waals surface area contributed by atoms with E-state index in [0.717, 1.165) is 11.8 Å². The molecule has 0 aliphatic carbocycles. The van der Waals surface area contributed by atoms with Gasteiger partial charge in [-0.1, -0.05) is 30.3 Å². The summed E-state index contributed by atoms with van der Waals surface area (Å²) < 4.78 is 18.2. The first kappa shape index (κ1) is 13.3. The first-order valence-electron chi connectivity index (χ1n) is 6.01. The Bertz CT molecular complexity index is 513. The van der Waals surface area contributed by atoms with E-state index in [2.05, 4.69) is 0 Å². The summed E-state index contributed by atoms with van der Waals surface area (Å²) in [5.41, 5.74) is 0.885.